The Morgan fingerprint density at radius 2 is 0.857 bits per heavy atom. The number of halogens is 1. The molecule has 2 nitrogen and oxygen atoms in total. The molecule has 0 saturated carbocycles. The van der Waals surface area contributed by atoms with Gasteiger partial charge in [0, 0.05) is 21.2 Å². The zero-order valence-electron chi connectivity index (χ0n) is 25.6. The van der Waals surface area contributed by atoms with Crippen molar-refractivity contribution in [1.29, 1.82) is 0 Å². The van der Waals surface area contributed by atoms with Crippen LogP contribution in [0, 0.1) is 6.92 Å². The van der Waals surface area contributed by atoms with Gasteiger partial charge in [0.15, 0.2) is 0 Å². The first-order chi connectivity index (χ1) is 19.9. The summed E-state index contributed by atoms with van der Waals surface area (Å²) in [6.07, 6.45) is 0. The van der Waals surface area contributed by atoms with Crippen LogP contribution in [0.3, 0.4) is 0 Å². The lowest BCUT2D eigenvalue weighted by molar-refractivity contribution is 0.454. The minimum Gasteiger partial charge on any atom is -0.456 e. The van der Waals surface area contributed by atoms with Crippen LogP contribution in [0.5, 0.6) is 23.0 Å². The number of hydrogen-bond acceptors (Lipinski definition) is 2. The van der Waals surface area contributed by atoms with Crippen LogP contribution in [-0.4, -0.2) is 0 Å². The van der Waals surface area contributed by atoms with Gasteiger partial charge in [0.1, 0.15) is 23.0 Å². The van der Waals surface area contributed by atoms with Crippen molar-refractivity contribution in [3.8, 4) is 45.3 Å². The summed E-state index contributed by atoms with van der Waals surface area (Å²) < 4.78 is 14.3. The van der Waals surface area contributed by atoms with Crippen LogP contribution in [0.1, 0.15) is 58.2 Å². The van der Waals surface area contributed by atoms with Crippen molar-refractivity contribution >= 4 is 15.9 Å². The first-order valence-corrected chi connectivity index (χ1v) is 15.3. The highest BCUT2D eigenvalue weighted by Gasteiger charge is 2.21. The molecule has 0 amide bonds. The third-order valence-corrected chi connectivity index (χ3v) is 8.04. The van der Waals surface area contributed by atoms with E-state index in [1.165, 1.54) is 11.1 Å². The molecular weight excluding hydrogens is 580 g/mol. The lowest BCUT2D eigenvalue weighted by atomic mass is 9.85. The van der Waals surface area contributed by atoms with E-state index >= 15 is 0 Å². The van der Waals surface area contributed by atoms with Gasteiger partial charge in [-0.3, -0.25) is 0 Å². The maximum Gasteiger partial charge on any atom is 0.135 e. The topological polar surface area (TPSA) is 18.5 Å². The van der Waals surface area contributed by atoms with Crippen LogP contribution in [0.25, 0.3) is 22.3 Å². The number of hydrogen-bond donors (Lipinski definition) is 0. The summed E-state index contributed by atoms with van der Waals surface area (Å²) in [6, 6.07) is 37.9. The summed E-state index contributed by atoms with van der Waals surface area (Å²) in [5, 5.41) is 0. The van der Waals surface area contributed by atoms with Crippen molar-refractivity contribution in [1.82, 2.24) is 0 Å². The fraction of sp³-hybridized carbons (Fsp3) is 0.231. The van der Waals surface area contributed by atoms with E-state index in [2.05, 4.69) is 149 Å². The normalized spacial score (nSPS) is 11.8. The minimum absolute atomic E-state index is 0.0216. The molecule has 0 radical (unpaired) electrons. The monoisotopic (exact) mass is 618 g/mol. The van der Waals surface area contributed by atoms with Gasteiger partial charge in [-0.25, -0.2) is 0 Å². The van der Waals surface area contributed by atoms with Gasteiger partial charge < -0.3 is 9.47 Å². The van der Waals surface area contributed by atoms with Gasteiger partial charge in [-0.05, 0) is 76.4 Å². The Kier molecular flexibility index (Phi) is 8.35. The highest BCUT2D eigenvalue weighted by atomic mass is 79.9. The minimum atomic E-state index is 0.0216. The van der Waals surface area contributed by atoms with Gasteiger partial charge >= 0.3 is 0 Å². The third kappa shape index (κ3) is 6.63. The van der Waals surface area contributed by atoms with Crippen molar-refractivity contribution in [2.75, 3.05) is 0 Å². The molecule has 0 heterocycles. The van der Waals surface area contributed by atoms with Crippen LogP contribution in [0.2, 0.25) is 0 Å². The first kappa shape index (κ1) is 29.7. The Bertz CT molecular complexity index is 1570. The van der Waals surface area contributed by atoms with Gasteiger partial charge in [0.25, 0.3) is 0 Å². The van der Waals surface area contributed by atoms with Gasteiger partial charge in [-0.1, -0.05) is 130 Å². The molecule has 0 unspecified atom stereocenters. The molecule has 3 heteroatoms. The summed E-state index contributed by atoms with van der Waals surface area (Å²) in [6.45, 7) is 15.5. The van der Waals surface area contributed by atoms with Crippen LogP contribution in [0.4, 0.5) is 0 Å². The molecule has 0 spiro atoms. The largest absolute Gasteiger partial charge is 0.456 e. The number of ether oxygens (including phenoxy) is 2. The molecule has 214 valence electrons. The molecule has 0 saturated heterocycles. The Morgan fingerprint density at radius 3 is 1.21 bits per heavy atom. The van der Waals surface area contributed by atoms with E-state index in [0.717, 1.165) is 55.3 Å². The second kappa shape index (κ2) is 11.8. The van der Waals surface area contributed by atoms with Crippen LogP contribution >= 0.6 is 15.9 Å². The highest BCUT2D eigenvalue weighted by Crippen LogP contribution is 2.43. The molecule has 5 aromatic carbocycles. The van der Waals surface area contributed by atoms with E-state index in [1.807, 2.05) is 24.3 Å². The molecule has 0 aromatic heterocycles. The molecule has 0 atom stereocenters. The van der Waals surface area contributed by atoms with E-state index in [9.17, 15) is 0 Å². The Labute approximate surface area is 259 Å². The Morgan fingerprint density at radius 1 is 0.476 bits per heavy atom. The van der Waals surface area contributed by atoms with Crippen LogP contribution < -0.4 is 9.47 Å². The third-order valence-electron chi connectivity index (χ3n) is 7.58. The molecule has 5 rings (SSSR count). The lowest BCUT2D eigenvalue weighted by Crippen LogP contribution is -2.11. The van der Waals surface area contributed by atoms with Crippen molar-refractivity contribution in [2.45, 2.75) is 59.3 Å². The van der Waals surface area contributed by atoms with Crippen molar-refractivity contribution < 1.29 is 9.47 Å². The fourth-order valence-corrected chi connectivity index (χ4v) is 5.35. The quantitative estimate of drug-likeness (QED) is 0.188. The van der Waals surface area contributed by atoms with Gasteiger partial charge in [0.2, 0.25) is 0 Å². The SMILES string of the molecule is Cc1c(Oc2ccc(C(C)(C)C)cc2-c2ccccc2)cc(Br)cc1Oc1ccc(C(C)(C)C)cc1-c1ccccc1. The van der Waals surface area contributed by atoms with Crippen molar-refractivity contribution in [3.05, 3.63) is 130 Å². The van der Waals surface area contributed by atoms with Crippen molar-refractivity contribution in [2.24, 2.45) is 0 Å². The fourth-order valence-electron chi connectivity index (χ4n) is 4.94. The molecule has 0 bridgehead atoms. The zero-order valence-corrected chi connectivity index (χ0v) is 27.2. The summed E-state index contributed by atoms with van der Waals surface area (Å²) >= 11 is 3.72. The maximum atomic E-state index is 6.69. The average Bonchev–Trinajstić information content (AvgIpc) is 2.95. The van der Waals surface area contributed by atoms with E-state index in [-0.39, 0.29) is 10.8 Å². The Hall–Kier alpha value is -3.82. The lowest BCUT2D eigenvalue weighted by Gasteiger charge is -2.23. The molecule has 0 fully saturated rings. The van der Waals surface area contributed by atoms with E-state index < -0.39 is 0 Å². The smallest absolute Gasteiger partial charge is 0.135 e. The molecule has 42 heavy (non-hydrogen) atoms. The van der Waals surface area contributed by atoms with Gasteiger partial charge in [-0.2, -0.15) is 0 Å². The van der Waals surface area contributed by atoms with Crippen LogP contribution in [-0.2, 0) is 10.8 Å². The van der Waals surface area contributed by atoms with Crippen molar-refractivity contribution in [3.63, 3.8) is 0 Å². The first-order valence-electron chi connectivity index (χ1n) is 14.5. The molecular formula is C39H39BrO2. The second-order valence-electron chi connectivity index (χ2n) is 12.9. The molecule has 0 aliphatic rings. The van der Waals surface area contributed by atoms with Gasteiger partial charge in [-0.15, -0.1) is 0 Å². The summed E-state index contributed by atoms with van der Waals surface area (Å²) in [5.74, 6) is 3.10. The summed E-state index contributed by atoms with van der Waals surface area (Å²) in [4.78, 5) is 0. The number of rotatable bonds is 6. The van der Waals surface area contributed by atoms with E-state index in [1.54, 1.807) is 0 Å². The van der Waals surface area contributed by atoms with Gasteiger partial charge in [0.05, 0.1) is 0 Å². The summed E-state index contributed by atoms with van der Waals surface area (Å²) in [7, 11) is 0. The second-order valence-corrected chi connectivity index (χ2v) is 13.8. The zero-order chi connectivity index (χ0) is 30.1. The predicted molar refractivity (Wildman–Crippen MR) is 180 cm³/mol. The highest BCUT2D eigenvalue weighted by molar-refractivity contribution is 9.10. The molecule has 0 aliphatic heterocycles. The molecule has 0 N–H and O–H groups in total. The summed E-state index contributed by atoms with van der Waals surface area (Å²) in [5.41, 5.74) is 7.86. The standard InChI is InChI=1S/C39H39BrO2/c1-26-36(41-34-20-18-29(38(2,3)4)22-32(34)27-14-10-8-11-15-27)24-31(40)25-37(26)42-35-21-19-30(39(5,6)7)23-33(35)28-16-12-9-13-17-28/h8-25H,1-7H3. The molecule has 0 aliphatic carbocycles. The molecule has 5 aromatic rings. The van der Waals surface area contributed by atoms with E-state index in [4.69, 9.17) is 9.47 Å². The average molecular weight is 620 g/mol. The van der Waals surface area contributed by atoms with Crippen LogP contribution in [0.15, 0.2) is 114 Å². The number of benzene rings is 5. The predicted octanol–water partition coefficient (Wildman–Crippen LogP) is 12.3. The maximum absolute atomic E-state index is 6.69. The van der Waals surface area contributed by atoms with E-state index in [0.29, 0.717) is 0 Å². The Balaban J connectivity index is 1.56.